The molecule has 1 aliphatic rings. The predicted octanol–water partition coefficient (Wildman–Crippen LogP) is 2.37. The summed E-state index contributed by atoms with van der Waals surface area (Å²) >= 11 is 0. The lowest BCUT2D eigenvalue weighted by Crippen LogP contribution is -2.40. The lowest BCUT2D eigenvalue weighted by Gasteiger charge is -2.21. The maximum atomic E-state index is 11.8. The minimum atomic E-state index is -0.127. The van der Waals surface area contributed by atoms with Crippen LogP contribution < -0.4 is 5.32 Å². The fraction of sp³-hybridized carbons (Fsp3) is 0.882. The van der Waals surface area contributed by atoms with E-state index >= 15 is 0 Å². The number of halogens is 1. The summed E-state index contributed by atoms with van der Waals surface area (Å²) in [5.74, 6) is 1.53. The van der Waals surface area contributed by atoms with Crippen molar-refractivity contribution in [3.8, 4) is 0 Å². The molecule has 1 saturated heterocycles. The molecule has 1 aliphatic heterocycles. The number of aliphatic imine (C=N–C) groups is 1. The van der Waals surface area contributed by atoms with Crippen LogP contribution in [-0.2, 0) is 14.3 Å². The van der Waals surface area contributed by atoms with Crippen molar-refractivity contribution in [2.45, 2.75) is 34.1 Å². The van der Waals surface area contributed by atoms with E-state index in [0.717, 1.165) is 45.2 Å². The van der Waals surface area contributed by atoms with Gasteiger partial charge in [0.05, 0.1) is 13.0 Å². The van der Waals surface area contributed by atoms with Crippen LogP contribution in [0.3, 0.4) is 0 Å². The molecular formula is C17H34IN3O3. The van der Waals surface area contributed by atoms with Gasteiger partial charge in [0.2, 0.25) is 0 Å². The Hall–Kier alpha value is -0.570. The number of esters is 1. The third kappa shape index (κ3) is 8.00. The Morgan fingerprint density at radius 2 is 2.08 bits per heavy atom. The molecule has 0 radical (unpaired) electrons. The molecular weight excluding hydrogens is 421 g/mol. The van der Waals surface area contributed by atoms with Gasteiger partial charge < -0.3 is 19.7 Å². The molecule has 1 rings (SSSR count). The fourth-order valence-electron chi connectivity index (χ4n) is 2.69. The second kappa shape index (κ2) is 12.7. The molecule has 0 aromatic rings. The lowest BCUT2D eigenvalue weighted by molar-refractivity contribution is -0.145. The van der Waals surface area contributed by atoms with Gasteiger partial charge >= 0.3 is 5.97 Å². The van der Waals surface area contributed by atoms with E-state index in [1.54, 1.807) is 0 Å². The zero-order chi connectivity index (χ0) is 17.2. The highest BCUT2D eigenvalue weighted by Gasteiger charge is 2.36. The zero-order valence-corrected chi connectivity index (χ0v) is 18.0. The Kier molecular flexibility index (Phi) is 12.4. The molecule has 1 heterocycles. The molecule has 0 aliphatic carbocycles. The van der Waals surface area contributed by atoms with Crippen molar-refractivity contribution in [2.24, 2.45) is 22.7 Å². The maximum absolute atomic E-state index is 11.8. The van der Waals surface area contributed by atoms with Gasteiger partial charge in [-0.1, -0.05) is 20.8 Å². The highest BCUT2D eigenvalue weighted by atomic mass is 127. The van der Waals surface area contributed by atoms with Gasteiger partial charge in [-0.2, -0.15) is 0 Å². The zero-order valence-electron chi connectivity index (χ0n) is 15.7. The van der Waals surface area contributed by atoms with Gasteiger partial charge in [0.1, 0.15) is 0 Å². The van der Waals surface area contributed by atoms with Crippen LogP contribution in [0.2, 0.25) is 0 Å². The fourth-order valence-corrected chi connectivity index (χ4v) is 2.69. The van der Waals surface area contributed by atoms with E-state index in [4.69, 9.17) is 9.47 Å². The van der Waals surface area contributed by atoms with Crippen LogP contribution in [0.1, 0.15) is 34.1 Å². The average Bonchev–Trinajstić information content (AvgIpc) is 2.90. The largest absolute Gasteiger partial charge is 0.469 e. The third-order valence-corrected chi connectivity index (χ3v) is 3.91. The summed E-state index contributed by atoms with van der Waals surface area (Å²) in [7, 11) is 1.45. The van der Waals surface area contributed by atoms with Crippen LogP contribution in [0.4, 0.5) is 0 Å². The Balaban J connectivity index is 0.00000529. The van der Waals surface area contributed by atoms with Gasteiger partial charge in [0.15, 0.2) is 5.96 Å². The van der Waals surface area contributed by atoms with Crippen LogP contribution in [0.15, 0.2) is 4.99 Å². The van der Waals surface area contributed by atoms with E-state index in [0.29, 0.717) is 12.5 Å². The van der Waals surface area contributed by atoms with Crippen molar-refractivity contribution in [3.63, 3.8) is 0 Å². The van der Waals surface area contributed by atoms with Crippen LogP contribution >= 0.6 is 24.0 Å². The molecule has 24 heavy (non-hydrogen) atoms. The molecule has 7 heteroatoms. The van der Waals surface area contributed by atoms with E-state index in [1.165, 1.54) is 7.11 Å². The van der Waals surface area contributed by atoms with Crippen LogP contribution in [0.5, 0.6) is 0 Å². The number of carbonyl (C=O) groups is 1. The van der Waals surface area contributed by atoms with E-state index in [9.17, 15) is 4.79 Å². The van der Waals surface area contributed by atoms with Gasteiger partial charge in [-0.05, 0) is 25.2 Å². The molecule has 0 spiro atoms. The van der Waals surface area contributed by atoms with E-state index in [-0.39, 0.29) is 41.8 Å². The van der Waals surface area contributed by atoms with E-state index in [1.807, 2.05) is 0 Å². The minimum Gasteiger partial charge on any atom is -0.469 e. The summed E-state index contributed by atoms with van der Waals surface area (Å²) in [6.45, 7) is 13.0. The first-order valence-electron chi connectivity index (χ1n) is 8.68. The first-order valence-corrected chi connectivity index (χ1v) is 8.68. The van der Waals surface area contributed by atoms with Gasteiger partial charge in [0, 0.05) is 39.4 Å². The number of carbonyl (C=O) groups excluding carboxylic acids is 1. The quantitative estimate of drug-likeness (QED) is 0.200. The monoisotopic (exact) mass is 455 g/mol. The van der Waals surface area contributed by atoms with Gasteiger partial charge in [-0.3, -0.25) is 9.79 Å². The first kappa shape index (κ1) is 23.4. The highest BCUT2D eigenvalue weighted by Crippen LogP contribution is 2.24. The Morgan fingerprint density at radius 1 is 1.38 bits per heavy atom. The lowest BCUT2D eigenvalue weighted by atomic mass is 9.99. The van der Waals surface area contributed by atoms with Crippen LogP contribution in [-0.4, -0.2) is 63.3 Å². The van der Waals surface area contributed by atoms with Gasteiger partial charge in [0.25, 0.3) is 0 Å². The molecule has 2 atom stereocenters. The topological polar surface area (TPSA) is 63.2 Å². The molecule has 0 amide bonds. The smallest absolute Gasteiger partial charge is 0.310 e. The Bertz CT molecular complexity index is 391. The highest BCUT2D eigenvalue weighted by molar-refractivity contribution is 14.0. The number of nitrogens with zero attached hydrogens (tertiary/aromatic N) is 2. The normalized spacial score (nSPS) is 20.9. The predicted molar refractivity (Wildman–Crippen MR) is 108 cm³/mol. The van der Waals surface area contributed by atoms with Gasteiger partial charge in [-0.25, -0.2) is 0 Å². The maximum Gasteiger partial charge on any atom is 0.310 e. The van der Waals surface area contributed by atoms with Crippen LogP contribution in [0, 0.1) is 17.8 Å². The summed E-state index contributed by atoms with van der Waals surface area (Å²) in [4.78, 5) is 18.6. The molecule has 1 fully saturated rings. The molecule has 1 N–H and O–H groups in total. The van der Waals surface area contributed by atoms with E-state index in [2.05, 4.69) is 42.9 Å². The molecule has 142 valence electrons. The number of guanidine groups is 1. The standard InChI is InChI=1S/C17H33N3O3.HI/c1-6-18-17(19-8-7-9-23-12-13(2)3)20-10-14(4)15(11-20)16(21)22-5;/h13-15H,6-12H2,1-5H3,(H,18,19);1H. The number of hydrogen-bond acceptors (Lipinski definition) is 4. The minimum absolute atomic E-state index is 0. The number of likely N-dealkylation sites (tertiary alicyclic amines) is 1. The van der Waals surface area contributed by atoms with Gasteiger partial charge in [-0.15, -0.1) is 24.0 Å². The van der Waals surface area contributed by atoms with Crippen molar-refractivity contribution in [1.82, 2.24) is 10.2 Å². The van der Waals surface area contributed by atoms with Crippen molar-refractivity contribution in [2.75, 3.05) is 46.5 Å². The third-order valence-electron chi connectivity index (χ3n) is 3.91. The molecule has 0 saturated carbocycles. The molecule has 0 aromatic heterocycles. The second-order valence-corrected chi connectivity index (χ2v) is 6.57. The number of nitrogens with one attached hydrogen (secondary N) is 1. The Labute approximate surface area is 163 Å². The summed E-state index contributed by atoms with van der Waals surface area (Å²) < 4.78 is 10.5. The van der Waals surface area contributed by atoms with Crippen LogP contribution in [0.25, 0.3) is 0 Å². The summed E-state index contributed by atoms with van der Waals surface area (Å²) in [5.41, 5.74) is 0. The van der Waals surface area contributed by atoms with Crippen molar-refractivity contribution < 1.29 is 14.3 Å². The molecule has 2 unspecified atom stereocenters. The first-order chi connectivity index (χ1) is 11.0. The SMILES string of the molecule is CCNC(=NCCCOCC(C)C)N1CC(C)C(C(=O)OC)C1.I. The molecule has 0 bridgehead atoms. The summed E-state index contributed by atoms with van der Waals surface area (Å²) in [6, 6.07) is 0. The summed E-state index contributed by atoms with van der Waals surface area (Å²) in [5, 5.41) is 3.31. The average molecular weight is 455 g/mol. The molecule has 6 nitrogen and oxygen atoms in total. The second-order valence-electron chi connectivity index (χ2n) is 6.57. The number of methoxy groups -OCH3 is 1. The number of rotatable bonds is 8. The number of ether oxygens (including phenoxy) is 2. The number of hydrogen-bond donors (Lipinski definition) is 1. The van der Waals surface area contributed by atoms with Crippen molar-refractivity contribution >= 4 is 35.9 Å². The molecule has 0 aromatic carbocycles. The van der Waals surface area contributed by atoms with E-state index < -0.39 is 0 Å². The Morgan fingerprint density at radius 3 is 2.67 bits per heavy atom. The van der Waals surface area contributed by atoms with Crippen molar-refractivity contribution in [1.29, 1.82) is 0 Å². The van der Waals surface area contributed by atoms with Crippen molar-refractivity contribution in [3.05, 3.63) is 0 Å². The summed E-state index contributed by atoms with van der Waals surface area (Å²) in [6.07, 6.45) is 0.908.